The van der Waals surface area contributed by atoms with Crippen LogP contribution in [0.25, 0.3) is 0 Å². The molecule has 0 aliphatic carbocycles. The smallest absolute Gasteiger partial charge is 0.321 e. The normalized spacial score (nSPS) is 17.1. The first-order valence-corrected chi connectivity index (χ1v) is 10.3. The summed E-state index contributed by atoms with van der Waals surface area (Å²) in [6.07, 6.45) is 2.60. The number of benzene rings is 2. The van der Waals surface area contributed by atoms with Crippen molar-refractivity contribution in [2.24, 2.45) is 0 Å². The van der Waals surface area contributed by atoms with E-state index >= 15 is 0 Å². The summed E-state index contributed by atoms with van der Waals surface area (Å²) in [5, 5.41) is 3.08. The average Bonchev–Trinajstić information content (AvgIpc) is 3.26. The van der Waals surface area contributed by atoms with Gasteiger partial charge in [0.25, 0.3) is 0 Å². The Morgan fingerprint density at radius 1 is 0.786 bits per heavy atom. The molecule has 0 saturated carbocycles. The van der Waals surface area contributed by atoms with E-state index in [0.29, 0.717) is 0 Å². The van der Waals surface area contributed by atoms with Gasteiger partial charge in [0.2, 0.25) is 0 Å². The molecule has 0 atom stereocenters. The standard InChI is InChI=1S/C23H30N4O/c1-18-6-5-7-22(19(18)2)24-23(28)27-16-14-26(15-17-27)21-10-8-20(9-11-21)25-12-3-4-13-25/h5-11H,3-4,12-17H2,1-2H3,(H,24,28). The van der Waals surface area contributed by atoms with Crippen LogP contribution in [0, 0.1) is 13.8 Å². The molecule has 2 fully saturated rings. The van der Waals surface area contributed by atoms with Gasteiger partial charge in [0.05, 0.1) is 0 Å². The molecule has 2 heterocycles. The van der Waals surface area contributed by atoms with Crippen LogP contribution in [0.5, 0.6) is 0 Å². The van der Waals surface area contributed by atoms with Crippen LogP contribution in [0.1, 0.15) is 24.0 Å². The summed E-state index contributed by atoms with van der Waals surface area (Å²) in [4.78, 5) is 19.4. The highest BCUT2D eigenvalue weighted by atomic mass is 16.2. The van der Waals surface area contributed by atoms with E-state index in [1.165, 1.54) is 42.9 Å². The Balaban J connectivity index is 1.32. The van der Waals surface area contributed by atoms with Crippen molar-refractivity contribution in [3.8, 4) is 0 Å². The lowest BCUT2D eigenvalue weighted by Gasteiger charge is -2.36. The summed E-state index contributed by atoms with van der Waals surface area (Å²) in [5.41, 5.74) is 5.81. The highest BCUT2D eigenvalue weighted by Crippen LogP contribution is 2.25. The summed E-state index contributed by atoms with van der Waals surface area (Å²) in [7, 11) is 0. The van der Waals surface area contributed by atoms with Crippen LogP contribution in [-0.4, -0.2) is 50.2 Å². The lowest BCUT2D eigenvalue weighted by Crippen LogP contribution is -2.50. The molecule has 0 unspecified atom stereocenters. The van der Waals surface area contributed by atoms with E-state index < -0.39 is 0 Å². The fourth-order valence-electron chi connectivity index (χ4n) is 4.10. The van der Waals surface area contributed by atoms with Gasteiger partial charge in [-0.3, -0.25) is 0 Å². The molecule has 2 saturated heterocycles. The van der Waals surface area contributed by atoms with Crippen molar-refractivity contribution in [3.63, 3.8) is 0 Å². The highest BCUT2D eigenvalue weighted by molar-refractivity contribution is 5.90. The van der Waals surface area contributed by atoms with Gasteiger partial charge in [0.15, 0.2) is 0 Å². The van der Waals surface area contributed by atoms with Crippen molar-refractivity contribution in [3.05, 3.63) is 53.6 Å². The quantitative estimate of drug-likeness (QED) is 0.867. The van der Waals surface area contributed by atoms with Gasteiger partial charge in [-0.25, -0.2) is 4.79 Å². The van der Waals surface area contributed by atoms with Crippen molar-refractivity contribution in [1.29, 1.82) is 0 Å². The average molecular weight is 379 g/mol. The van der Waals surface area contributed by atoms with E-state index in [1.807, 2.05) is 17.0 Å². The number of hydrogen-bond acceptors (Lipinski definition) is 3. The number of amides is 2. The SMILES string of the molecule is Cc1cccc(NC(=O)N2CCN(c3ccc(N4CCCC4)cc3)CC2)c1C. The molecule has 2 aromatic carbocycles. The lowest BCUT2D eigenvalue weighted by molar-refractivity contribution is 0.208. The third-order valence-corrected chi connectivity index (χ3v) is 6.10. The van der Waals surface area contributed by atoms with Crippen LogP contribution in [0.4, 0.5) is 21.9 Å². The van der Waals surface area contributed by atoms with Crippen molar-refractivity contribution in [2.45, 2.75) is 26.7 Å². The molecule has 2 aromatic rings. The molecule has 0 bridgehead atoms. The second-order valence-corrected chi connectivity index (χ2v) is 7.86. The molecule has 0 radical (unpaired) electrons. The number of urea groups is 1. The van der Waals surface area contributed by atoms with Gasteiger partial charge < -0.3 is 20.0 Å². The summed E-state index contributed by atoms with van der Waals surface area (Å²) < 4.78 is 0. The maximum absolute atomic E-state index is 12.7. The minimum Gasteiger partial charge on any atom is -0.372 e. The Morgan fingerprint density at radius 2 is 1.36 bits per heavy atom. The molecule has 148 valence electrons. The zero-order chi connectivity index (χ0) is 19.5. The molecule has 28 heavy (non-hydrogen) atoms. The summed E-state index contributed by atoms with van der Waals surface area (Å²) >= 11 is 0. The van der Waals surface area contributed by atoms with E-state index in [9.17, 15) is 4.79 Å². The maximum atomic E-state index is 12.7. The molecule has 5 heteroatoms. The Bertz CT molecular complexity index is 819. The minimum absolute atomic E-state index is 0.00210. The molecular weight excluding hydrogens is 348 g/mol. The number of rotatable bonds is 3. The largest absolute Gasteiger partial charge is 0.372 e. The molecule has 2 aliphatic rings. The third kappa shape index (κ3) is 3.93. The summed E-state index contributed by atoms with van der Waals surface area (Å²) in [5.74, 6) is 0. The van der Waals surface area contributed by atoms with E-state index in [0.717, 1.165) is 37.4 Å². The highest BCUT2D eigenvalue weighted by Gasteiger charge is 2.22. The van der Waals surface area contributed by atoms with Gasteiger partial charge in [-0.2, -0.15) is 0 Å². The van der Waals surface area contributed by atoms with E-state index in [1.54, 1.807) is 0 Å². The Labute approximate surface area is 167 Å². The number of aryl methyl sites for hydroxylation is 1. The third-order valence-electron chi connectivity index (χ3n) is 6.10. The van der Waals surface area contributed by atoms with Gasteiger partial charge in [0, 0.05) is 56.3 Å². The molecule has 0 aromatic heterocycles. The van der Waals surface area contributed by atoms with E-state index in [-0.39, 0.29) is 6.03 Å². The van der Waals surface area contributed by atoms with Crippen molar-refractivity contribution < 1.29 is 4.79 Å². The Morgan fingerprint density at radius 3 is 1.96 bits per heavy atom. The van der Waals surface area contributed by atoms with E-state index in [4.69, 9.17) is 0 Å². The van der Waals surface area contributed by atoms with E-state index in [2.05, 4.69) is 59.3 Å². The van der Waals surface area contributed by atoms with Gasteiger partial charge >= 0.3 is 6.03 Å². The first-order valence-electron chi connectivity index (χ1n) is 10.3. The maximum Gasteiger partial charge on any atom is 0.321 e. The van der Waals surface area contributed by atoms with Crippen LogP contribution in [-0.2, 0) is 0 Å². The fraction of sp³-hybridized carbons (Fsp3) is 0.435. The molecule has 0 spiro atoms. The van der Waals surface area contributed by atoms with Crippen molar-refractivity contribution in [1.82, 2.24) is 4.90 Å². The van der Waals surface area contributed by atoms with Crippen LogP contribution >= 0.6 is 0 Å². The second-order valence-electron chi connectivity index (χ2n) is 7.86. The predicted octanol–water partition coefficient (Wildman–Crippen LogP) is 4.26. The zero-order valence-corrected chi connectivity index (χ0v) is 16.9. The topological polar surface area (TPSA) is 38.8 Å². The predicted molar refractivity (Wildman–Crippen MR) is 117 cm³/mol. The molecule has 2 aliphatic heterocycles. The minimum atomic E-state index is -0.00210. The zero-order valence-electron chi connectivity index (χ0n) is 16.9. The molecular formula is C23H30N4O. The number of nitrogens with one attached hydrogen (secondary N) is 1. The first kappa shape index (κ1) is 18.7. The number of hydrogen-bond donors (Lipinski definition) is 1. The number of piperazine rings is 1. The van der Waals surface area contributed by atoms with Gasteiger partial charge in [0.1, 0.15) is 0 Å². The number of carbonyl (C=O) groups is 1. The molecule has 2 amide bonds. The number of nitrogens with zero attached hydrogens (tertiary/aromatic N) is 3. The van der Waals surface area contributed by atoms with Crippen LogP contribution < -0.4 is 15.1 Å². The van der Waals surface area contributed by atoms with Crippen LogP contribution in [0.2, 0.25) is 0 Å². The lowest BCUT2D eigenvalue weighted by atomic mass is 10.1. The van der Waals surface area contributed by atoms with Crippen molar-refractivity contribution in [2.75, 3.05) is 54.4 Å². The Hall–Kier alpha value is -2.69. The van der Waals surface area contributed by atoms with Gasteiger partial charge in [-0.1, -0.05) is 12.1 Å². The summed E-state index contributed by atoms with van der Waals surface area (Å²) in [6, 6.07) is 14.9. The molecule has 1 N–H and O–H groups in total. The monoisotopic (exact) mass is 378 g/mol. The number of carbonyl (C=O) groups excluding carboxylic acids is 1. The second kappa shape index (κ2) is 8.13. The van der Waals surface area contributed by atoms with Crippen LogP contribution in [0.15, 0.2) is 42.5 Å². The Kier molecular flexibility index (Phi) is 5.42. The summed E-state index contributed by atoms with van der Waals surface area (Å²) in [6.45, 7) is 9.68. The number of anilines is 3. The fourth-order valence-corrected chi connectivity index (χ4v) is 4.10. The molecule has 5 nitrogen and oxygen atoms in total. The van der Waals surface area contributed by atoms with Crippen LogP contribution in [0.3, 0.4) is 0 Å². The molecule has 4 rings (SSSR count). The van der Waals surface area contributed by atoms with Crippen molar-refractivity contribution >= 4 is 23.1 Å². The van der Waals surface area contributed by atoms with Gasteiger partial charge in [-0.15, -0.1) is 0 Å². The van der Waals surface area contributed by atoms with Gasteiger partial charge in [-0.05, 0) is 68.1 Å². The first-order chi connectivity index (χ1) is 13.6.